The number of hydrogen-bond donors (Lipinski definition) is 2. The second-order valence-electron chi connectivity index (χ2n) is 5.68. The van der Waals surface area contributed by atoms with Gasteiger partial charge in [-0.3, -0.25) is 0 Å². The van der Waals surface area contributed by atoms with E-state index in [4.69, 9.17) is 10.2 Å². The average molecular weight is 236 g/mol. The molecule has 0 heterocycles. The van der Waals surface area contributed by atoms with Gasteiger partial charge in [0.1, 0.15) is 0 Å². The third-order valence-electron chi connectivity index (χ3n) is 1.22. The average Bonchev–Trinajstić information content (AvgIpc) is 1.72. The lowest BCUT2D eigenvalue weighted by atomic mass is 10.5. The van der Waals surface area contributed by atoms with Gasteiger partial charge in [0.2, 0.25) is 0 Å². The number of carboxylic acid groups (broad SMARTS) is 2. The zero-order valence-corrected chi connectivity index (χ0v) is 11.0. The molecule has 6 heteroatoms. The lowest BCUT2D eigenvalue weighted by molar-refractivity contribution is -0.862. The van der Waals surface area contributed by atoms with Crippen molar-refractivity contribution in [1.29, 1.82) is 0 Å². The summed E-state index contributed by atoms with van der Waals surface area (Å²) in [5, 5.41) is 16.5. The molecule has 0 atom stereocenters. The Morgan fingerprint density at radius 1 is 0.750 bits per heavy atom. The van der Waals surface area contributed by atoms with Crippen molar-refractivity contribution in [2.24, 2.45) is 0 Å². The van der Waals surface area contributed by atoms with Crippen LogP contribution in [0.25, 0.3) is 0 Å². The van der Waals surface area contributed by atoms with Crippen LogP contribution in [0.4, 0.5) is 0 Å². The maximum atomic E-state index is 10.00. The minimum Gasteiger partial charge on any atom is -0.477 e. The van der Waals surface area contributed by atoms with Crippen LogP contribution >= 0.6 is 0 Å². The van der Waals surface area contributed by atoms with Crippen molar-refractivity contribution in [2.45, 2.75) is 0 Å². The minimum atomic E-state index is -0.752. The molecule has 0 rings (SSSR count). The standard InChI is InChI=1S/2C5H11NO2/c2*1-6(2,3)4-5(7)8/h2*4H2,1-3H3/p+2. The van der Waals surface area contributed by atoms with Crippen LogP contribution in [0.5, 0.6) is 0 Å². The van der Waals surface area contributed by atoms with Crippen molar-refractivity contribution in [3.05, 3.63) is 0 Å². The predicted molar refractivity (Wildman–Crippen MR) is 61.1 cm³/mol. The normalized spacial score (nSPS) is 11.4. The fourth-order valence-corrected chi connectivity index (χ4v) is 0.812. The van der Waals surface area contributed by atoms with Crippen molar-refractivity contribution in [3.8, 4) is 0 Å². The summed E-state index contributed by atoms with van der Waals surface area (Å²) < 4.78 is 0.963. The Morgan fingerprint density at radius 3 is 0.938 bits per heavy atom. The third-order valence-corrected chi connectivity index (χ3v) is 1.22. The Bertz CT molecular complexity index is 212. The van der Waals surface area contributed by atoms with Crippen LogP contribution in [0.2, 0.25) is 0 Å². The smallest absolute Gasteiger partial charge is 0.359 e. The second kappa shape index (κ2) is 6.44. The molecule has 0 saturated heterocycles. The number of carboxylic acids is 2. The highest BCUT2D eigenvalue weighted by Crippen LogP contribution is 1.87. The molecule has 96 valence electrons. The summed E-state index contributed by atoms with van der Waals surface area (Å²) in [6.45, 7) is 0.361. The predicted octanol–water partition coefficient (Wildman–Crippen LogP) is -0.446. The Hall–Kier alpha value is -1.14. The molecule has 0 aliphatic rings. The van der Waals surface area contributed by atoms with E-state index < -0.39 is 11.9 Å². The third kappa shape index (κ3) is 23.0. The summed E-state index contributed by atoms with van der Waals surface area (Å²) in [5.74, 6) is -1.50. The van der Waals surface area contributed by atoms with Crippen LogP contribution in [0, 0.1) is 0 Å². The maximum absolute atomic E-state index is 10.00. The van der Waals surface area contributed by atoms with Gasteiger partial charge in [0.05, 0.1) is 42.3 Å². The molecule has 6 nitrogen and oxygen atoms in total. The molecule has 0 aromatic heterocycles. The number of quaternary nitrogens is 2. The molecular weight excluding hydrogens is 212 g/mol. The molecule has 0 aliphatic carbocycles. The van der Waals surface area contributed by atoms with E-state index in [1.54, 1.807) is 0 Å². The van der Waals surface area contributed by atoms with Crippen molar-refractivity contribution in [2.75, 3.05) is 55.4 Å². The lowest BCUT2D eigenvalue weighted by Crippen LogP contribution is -2.39. The first kappa shape index (κ1) is 17.3. The Morgan fingerprint density at radius 2 is 0.938 bits per heavy atom. The molecule has 0 aromatic rings. The zero-order valence-electron chi connectivity index (χ0n) is 11.0. The first-order valence-electron chi connectivity index (χ1n) is 4.88. The van der Waals surface area contributed by atoms with E-state index in [1.807, 2.05) is 42.3 Å². The zero-order chi connectivity index (χ0) is 13.6. The van der Waals surface area contributed by atoms with Crippen molar-refractivity contribution >= 4 is 11.9 Å². The van der Waals surface area contributed by atoms with Gasteiger partial charge in [-0.15, -0.1) is 0 Å². The van der Waals surface area contributed by atoms with Gasteiger partial charge in [0.25, 0.3) is 0 Å². The van der Waals surface area contributed by atoms with Crippen LogP contribution in [-0.2, 0) is 9.59 Å². The lowest BCUT2D eigenvalue weighted by Gasteiger charge is -2.20. The highest BCUT2D eigenvalue weighted by Gasteiger charge is 2.11. The van der Waals surface area contributed by atoms with E-state index >= 15 is 0 Å². The molecule has 16 heavy (non-hydrogen) atoms. The first-order chi connectivity index (χ1) is 6.83. The summed E-state index contributed by atoms with van der Waals surface area (Å²) in [5.41, 5.74) is 0. The van der Waals surface area contributed by atoms with E-state index in [2.05, 4.69) is 0 Å². The number of rotatable bonds is 4. The molecule has 0 amide bonds. The maximum Gasteiger partial charge on any atom is 0.359 e. The molecule has 0 radical (unpaired) electrons. The molecule has 0 saturated carbocycles. The quantitative estimate of drug-likeness (QED) is 0.649. The fraction of sp³-hybridized carbons (Fsp3) is 0.800. The van der Waals surface area contributed by atoms with Gasteiger partial charge >= 0.3 is 11.9 Å². The van der Waals surface area contributed by atoms with Crippen molar-refractivity contribution < 1.29 is 28.8 Å². The number of carbonyl (C=O) groups is 2. The number of nitrogens with zero attached hydrogens (tertiary/aromatic N) is 2. The monoisotopic (exact) mass is 236 g/mol. The van der Waals surface area contributed by atoms with Crippen molar-refractivity contribution in [3.63, 3.8) is 0 Å². The fourth-order valence-electron chi connectivity index (χ4n) is 0.812. The summed E-state index contributed by atoms with van der Waals surface area (Å²) in [6.07, 6.45) is 0. The second-order valence-corrected chi connectivity index (χ2v) is 5.68. The highest BCUT2D eigenvalue weighted by atomic mass is 16.4. The Labute approximate surface area is 96.9 Å². The molecule has 2 N–H and O–H groups in total. The summed E-state index contributed by atoms with van der Waals surface area (Å²) in [6, 6.07) is 0. The van der Waals surface area contributed by atoms with Gasteiger partial charge in [0.15, 0.2) is 13.1 Å². The molecule has 0 spiro atoms. The van der Waals surface area contributed by atoms with Crippen LogP contribution in [-0.4, -0.2) is 86.5 Å². The summed E-state index contributed by atoms with van der Waals surface area (Å²) in [7, 11) is 11.0. The minimum absolute atomic E-state index is 0.181. The summed E-state index contributed by atoms with van der Waals surface area (Å²) in [4.78, 5) is 20.0. The van der Waals surface area contributed by atoms with Gasteiger partial charge in [-0.2, -0.15) is 0 Å². The van der Waals surface area contributed by atoms with Gasteiger partial charge < -0.3 is 19.2 Å². The first-order valence-corrected chi connectivity index (χ1v) is 4.88. The summed E-state index contributed by atoms with van der Waals surface area (Å²) >= 11 is 0. The molecule has 0 aliphatic heterocycles. The number of likely N-dealkylation sites (N-methyl/N-ethyl adjacent to an activating group) is 2. The van der Waals surface area contributed by atoms with Crippen LogP contribution in [0.3, 0.4) is 0 Å². The van der Waals surface area contributed by atoms with E-state index in [0.717, 1.165) is 0 Å². The number of hydrogen-bond acceptors (Lipinski definition) is 2. The Kier molecular flexibility index (Phi) is 6.95. The van der Waals surface area contributed by atoms with Gasteiger partial charge in [-0.1, -0.05) is 0 Å². The largest absolute Gasteiger partial charge is 0.477 e. The molecule has 0 unspecified atom stereocenters. The van der Waals surface area contributed by atoms with E-state index in [0.29, 0.717) is 8.97 Å². The molecular formula is C10H24N2O4+2. The molecule has 0 aromatic carbocycles. The van der Waals surface area contributed by atoms with Crippen LogP contribution in [0.15, 0.2) is 0 Å². The SMILES string of the molecule is C[N+](C)(C)CC(=O)O.C[N+](C)(C)CC(=O)O. The van der Waals surface area contributed by atoms with Crippen molar-refractivity contribution in [1.82, 2.24) is 0 Å². The molecule has 0 bridgehead atoms. The van der Waals surface area contributed by atoms with Gasteiger partial charge in [-0.25, -0.2) is 9.59 Å². The van der Waals surface area contributed by atoms with E-state index in [1.165, 1.54) is 0 Å². The van der Waals surface area contributed by atoms with Gasteiger partial charge in [-0.05, 0) is 0 Å². The topological polar surface area (TPSA) is 74.6 Å². The highest BCUT2D eigenvalue weighted by molar-refractivity contribution is 5.68. The van der Waals surface area contributed by atoms with E-state index in [9.17, 15) is 9.59 Å². The van der Waals surface area contributed by atoms with Crippen LogP contribution in [0.1, 0.15) is 0 Å². The Balaban J connectivity index is 0. The molecule has 0 fully saturated rings. The van der Waals surface area contributed by atoms with Gasteiger partial charge in [0, 0.05) is 0 Å². The van der Waals surface area contributed by atoms with E-state index in [-0.39, 0.29) is 13.1 Å². The number of aliphatic carboxylic acids is 2. The van der Waals surface area contributed by atoms with Crippen LogP contribution < -0.4 is 0 Å².